The molecule has 2 aromatic rings. The predicted octanol–water partition coefficient (Wildman–Crippen LogP) is 3.84. The van der Waals surface area contributed by atoms with Crippen molar-refractivity contribution >= 4 is 29.3 Å². The number of halogens is 1. The Hall–Kier alpha value is -1.63. The van der Waals surface area contributed by atoms with Crippen LogP contribution in [0.3, 0.4) is 0 Å². The summed E-state index contributed by atoms with van der Waals surface area (Å²) in [7, 11) is 0. The summed E-state index contributed by atoms with van der Waals surface area (Å²) < 4.78 is 10.8. The van der Waals surface area contributed by atoms with Crippen LogP contribution in [0.5, 0.6) is 0 Å². The maximum Gasteiger partial charge on any atom is 0.191 e. The maximum absolute atomic E-state index is 5.93. The maximum atomic E-state index is 5.93. The van der Waals surface area contributed by atoms with E-state index in [-0.39, 0.29) is 0 Å². The van der Waals surface area contributed by atoms with Crippen molar-refractivity contribution in [2.24, 2.45) is 10.9 Å². The first-order valence-electron chi connectivity index (χ1n) is 9.30. The van der Waals surface area contributed by atoms with E-state index in [2.05, 4.69) is 10.6 Å². The van der Waals surface area contributed by atoms with Gasteiger partial charge in [0.15, 0.2) is 5.96 Å². The second-order valence-corrected chi connectivity index (χ2v) is 8.01. The first-order valence-corrected chi connectivity index (χ1v) is 10.7. The molecule has 0 radical (unpaired) electrons. The number of hydrogen-bond donors (Lipinski definition) is 2. The molecule has 1 saturated heterocycles. The van der Waals surface area contributed by atoms with E-state index in [0.29, 0.717) is 5.92 Å². The van der Waals surface area contributed by atoms with E-state index < -0.39 is 0 Å². The third kappa shape index (κ3) is 7.48. The van der Waals surface area contributed by atoms with Crippen molar-refractivity contribution in [3.05, 3.63) is 53.4 Å². The van der Waals surface area contributed by atoms with Gasteiger partial charge in [-0.1, -0.05) is 11.6 Å². The minimum absolute atomic E-state index is 0.525. The molecule has 5 nitrogen and oxygen atoms in total. The van der Waals surface area contributed by atoms with Crippen LogP contribution in [0.1, 0.15) is 12.2 Å². The number of ether oxygens (including phenoxy) is 1. The van der Waals surface area contributed by atoms with Gasteiger partial charge in [-0.15, -0.1) is 11.8 Å². The SMILES string of the molecule is Clc1ccc(SCCNC(=NCC2CCOC2)NCCc2ccco2)cc1. The molecule has 3 rings (SSSR count). The highest BCUT2D eigenvalue weighted by Gasteiger charge is 2.15. The predicted molar refractivity (Wildman–Crippen MR) is 112 cm³/mol. The Morgan fingerprint density at radius 3 is 2.78 bits per heavy atom. The molecule has 0 bridgehead atoms. The lowest BCUT2D eigenvalue weighted by molar-refractivity contribution is 0.187. The lowest BCUT2D eigenvalue weighted by Crippen LogP contribution is -2.40. The van der Waals surface area contributed by atoms with Gasteiger partial charge in [-0.2, -0.15) is 0 Å². The lowest BCUT2D eigenvalue weighted by atomic mass is 10.1. The van der Waals surface area contributed by atoms with Crippen molar-refractivity contribution in [3.63, 3.8) is 0 Å². The number of rotatable bonds is 9. The van der Waals surface area contributed by atoms with E-state index in [4.69, 9.17) is 25.7 Å². The normalized spacial score (nSPS) is 17.2. The second-order valence-electron chi connectivity index (χ2n) is 6.40. The van der Waals surface area contributed by atoms with Crippen LogP contribution >= 0.6 is 23.4 Å². The highest BCUT2D eigenvalue weighted by Crippen LogP contribution is 2.19. The number of guanidine groups is 1. The molecule has 1 aliphatic heterocycles. The van der Waals surface area contributed by atoms with Crippen molar-refractivity contribution in [2.75, 3.05) is 38.6 Å². The second kappa shape index (κ2) is 11.3. The van der Waals surface area contributed by atoms with Crippen LogP contribution in [0.15, 0.2) is 57.0 Å². The Balaban J connectivity index is 1.42. The zero-order chi connectivity index (χ0) is 18.7. The quantitative estimate of drug-likeness (QED) is 0.286. The number of nitrogens with zero attached hydrogens (tertiary/aromatic N) is 1. The van der Waals surface area contributed by atoms with Gasteiger partial charge in [-0.3, -0.25) is 4.99 Å². The van der Waals surface area contributed by atoms with Crippen molar-refractivity contribution in [1.29, 1.82) is 0 Å². The summed E-state index contributed by atoms with van der Waals surface area (Å²) >= 11 is 7.72. The topological polar surface area (TPSA) is 58.8 Å². The molecule has 27 heavy (non-hydrogen) atoms. The van der Waals surface area contributed by atoms with E-state index in [1.807, 2.05) is 36.4 Å². The molecule has 1 fully saturated rings. The molecule has 0 aliphatic carbocycles. The molecule has 1 atom stereocenters. The molecule has 7 heteroatoms. The molecular weight excluding hydrogens is 382 g/mol. The van der Waals surface area contributed by atoms with E-state index >= 15 is 0 Å². The molecule has 1 aliphatic rings. The molecule has 0 amide bonds. The van der Waals surface area contributed by atoms with Gasteiger partial charge in [-0.25, -0.2) is 0 Å². The van der Waals surface area contributed by atoms with Gasteiger partial charge in [0.25, 0.3) is 0 Å². The van der Waals surface area contributed by atoms with Crippen molar-refractivity contribution in [2.45, 2.75) is 17.7 Å². The van der Waals surface area contributed by atoms with Crippen LogP contribution < -0.4 is 10.6 Å². The van der Waals surface area contributed by atoms with E-state index in [0.717, 1.165) is 68.2 Å². The van der Waals surface area contributed by atoms with E-state index in [1.165, 1.54) is 4.90 Å². The van der Waals surface area contributed by atoms with Crippen LogP contribution in [0, 0.1) is 5.92 Å². The molecule has 1 aromatic heterocycles. The molecule has 2 heterocycles. The van der Waals surface area contributed by atoms with Crippen molar-refractivity contribution < 1.29 is 9.15 Å². The minimum Gasteiger partial charge on any atom is -0.469 e. The number of thioether (sulfide) groups is 1. The zero-order valence-corrected chi connectivity index (χ0v) is 16.9. The van der Waals surface area contributed by atoms with Gasteiger partial charge >= 0.3 is 0 Å². The number of aliphatic imine (C=N–C) groups is 1. The van der Waals surface area contributed by atoms with Gasteiger partial charge in [0.1, 0.15) is 5.76 Å². The Labute approximate surface area is 169 Å². The third-order valence-corrected chi connectivity index (χ3v) is 5.52. The number of furan rings is 1. The molecule has 146 valence electrons. The van der Waals surface area contributed by atoms with E-state index in [1.54, 1.807) is 18.0 Å². The average Bonchev–Trinajstić information content (AvgIpc) is 3.38. The summed E-state index contributed by atoms with van der Waals surface area (Å²) in [6, 6.07) is 11.8. The van der Waals surface area contributed by atoms with Gasteiger partial charge in [0.05, 0.1) is 12.9 Å². The summed E-state index contributed by atoms with van der Waals surface area (Å²) in [6.45, 7) is 4.08. The highest BCUT2D eigenvalue weighted by molar-refractivity contribution is 7.99. The van der Waals surface area contributed by atoms with Gasteiger partial charge in [0.2, 0.25) is 0 Å². The Kier molecular flexibility index (Phi) is 8.39. The van der Waals surface area contributed by atoms with E-state index in [9.17, 15) is 0 Å². The monoisotopic (exact) mass is 407 g/mol. The summed E-state index contributed by atoms with van der Waals surface area (Å²) in [4.78, 5) is 5.95. The van der Waals surface area contributed by atoms with Gasteiger partial charge in [-0.05, 0) is 42.8 Å². The van der Waals surface area contributed by atoms with Crippen LogP contribution in [0.25, 0.3) is 0 Å². The largest absolute Gasteiger partial charge is 0.469 e. The third-order valence-electron chi connectivity index (χ3n) is 4.25. The summed E-state index contributed by atoms with van der Waals surface area (Å²) in [5, 5.41) is 7.59. The minimum atomic E-state index is 0.525. The number of hydrogen-bond acceptors (Lipinski definition) is 4. The molecule has 2 N–H and O–H groups in total. The number of benzene rings is 1. The molecule has 0 spiro atoms. The molecule has 0 saturated carbocycles. The smallest absolute Gasteiger partial charge is 0.191 e. The van der Waals surface area contributed by atoms with Crippen LogP contribution in [0.2, 0.25) is 5.02 Å². The Morgan fingerprint density at radius 1 is 1.19 bits per heavy atom. The molecule has 1 aromatic carbocycles. The Morgan fingerprint density at radius 2 is 2.04 bits per heavy atom. The summed E-state index contributed by atoms with van der Waals surface area (Å²) in [5.74, 6) is 3.30. The molecular formula is C20H26ClN3O2S. The standard InChI is InChI=1S/C20H26ClN3O2S/c21-17-3-5-19(6-4-17)27-13-10-23-20(24-14-16-8-12-25-15-16)22-9-7-18-2-1-11-26-18/h1-6,11,16H,7-10,12-15H2,(H2,22,23,24). The van der Waals surface area contributed by atoms with Crippen molar-refractivity contribution in [1.82, 2.24) is 10.6 Å². The molecule has 1 unspecified atom stereocenters. The Bertz CT molecular complexity index is 686. The van der Waals surface area contributed by atoms with Crippen LogP contribution in [0.4, 0.5) is 0 Å². The first-order chi connectivity index (χ1) is 13.3. The lowest BCUT2D eigenvalue weighted by Gasteiger charge is -2.13. The van der Waals surface area contributed by atoms with Crippen molar-refractivity contribution in [3.8, 4) is 0 Å². The average molecular weight is 408 g/mol. The summed E-state index contributed by atoms with van der Waals surface area (Å²) in [5.41, 5.74) is 0. The van der Waals surface area contributed by atoms with Gasteiger partial charge in [0, 0.05) is 54.3 Å². The number of nitrogens with one attached hydrogen (secondary N) is 2. The first kappa shape index (κ1) is 20.1. The fourth-order valence-corrected chi connectivity index (χ4v) is 3.64. The zero-order valence-electron chi connectivity index (χ0n) is 15.3. The fraction of sp³-hybridized carbons (Fsp3) is 0.450. The fourth-order valence-electron chi connectivity index (χ4n) is 2.75. The van der Waals surface area contributed by atoms with Gasteiger partial charge < -0.3 is 19.8 Å². The highest BCUT2D eigenvalue weighted by atomic mass is 35.5. The van der Waals surface area contributed by atoms with Crippen LogP contribution in [-0.2, 0) is 11.2 Å². The summed E-state index contributed by atoms with van der Waals surface area (Å²) in [6.07, 6.45) is 3.63. The van der Waals surface area contributed by atoms with Crippen LogP contribution in [-0.4, -0.2) is 44.6 Å².